The third kappa shape index (κ3) is 3.57. The van der Waals surface area contributed by atoms with E-state index in [0.717, 1.165) is 0 Å². The first-order valence-electron chi connectivity index (χ1n) is 8.38. The summed E-state index contributed by atoms with van der Waals surface area (Å²) in [6, 6.07) is 10.3. The number of benzene rings is 2. The van der Waals surface area contributed by atoms with Crippen LogP contribution < -0.4 is 25.3 Å². The van der Waals surface area contributed by atoms with Crippen LogP contribution in [0.3, 0.4) is 0 Å². The zero-order valence-corrected chi connectivity index (χ0v) is 15.7. The molecule has 0 fully saturated rings. The zero-order chi connectivity index (χ0) is 20.3. The number of ether oxygens (including phenoxy) is 3. The van der Waals surface area contributed by atoms with Gasteiger partial charge in [0, 0.05) is 5.39 Å². The number of nitrogens with two attached hydrogens (primary N) is 1. The highest BCUT2D eigenvalue weighted by atomic mass is 16.5. The summed E-state index contributed by atoms with van der Waals surface area (Å²) in [5.74, 6) is 0.0977. The Bertz CT molecular complexity index is 1020. The maximum absolute atomic E-state index is 12.6. The van der Waals surface area contributed by atoms with Crippen LogP contribution in [-0.4, -0.2) is 33.1 Å². The van der Waals surface area contributed by atoms with E-state index in [2.05, 4.69) is 5.32 Å². The molecule has 8 nitrogen and oxygen atoms in total. The maximum atomic E-state index is 12.6. The molecule has 146 valence electrons. The molecule has 0 spiro atoms. The van der Waals surface area contributed by atoms with E-state index in [4.69, 9.17) is 24.4 Å². The van der Waals surface area contributed by atoms with Crippen molar-refractivity contribution in [3.63, 3.8) is 0 Å². The number of nitrogens with one attached hydrogen (secondary N) is 1. The van der Waals surface area contributed by atoms with Crippen molar-refractivity contribution < 1.29 is 28.2 Å². The highest BCUT2D eigenvalue weighted by Gasteiger charge is 2.21. The summed E-state index contributed by atoms with van der Waals surface area (Å²) < 4.78 is 21.4. The van der Waals surface area contributed by atoms with Crippen molar-refractivity contribution in [3.8, 4) is 17.2 Å². The molecular formula is C20H20N2O6. The molecule has 2 amide bonds. The molecule has 3 N–H and O–H groups in total. The summed E-state index contributed by atoms with van der Waals surface area (Å²) in [4.78, 5) is 24.3. The van der Waals surface area contributed by atoms with Gasteiger partial charge in [-0.15, -0.1) is 0 Å². The van der Waals surface area contributed by atoms with Crippen molar-refractivity contribution in [2.24, 2.45) is 5.73 Å². The summed E-state index contributed by atoms with van der Waals surface area (Å²) in [6.45, 7) is 0. The molecule has 1 heterocycles. The molecule has 0 atom stereocenters. The number of primary amides is 1. The minimum absolute atomic E-state index is 0.00836. The molecular weight excluding hydrogens is 364 g/mol. The maximum Gasteiger partial charge on any atom is 0.286 e. The number of rotatable bonds is 7. The van der Waals surface area contributed by atoms with Crippen LogP contribution in [0.4, 0.5) is 5.69 Å². The Kier molecular flexibility index (Phi) is 5.39. The Labute approximate surface area is 161 Å². The Balaban J connectivity index is 1.90. The minimum Gasteiger partial charge on any atom is -0.493 e. The van der Waals surface area contributed by atoms with Crippen LogP contribution in [0.25, 0.3) is 11.0 Å². The molecule has 8 heteroatoms. The molecule has 0 aliphatic carbocycles. The van der Waals surface area contributed by atoms with Crippen molar-refractivity contribution in [1.82, 2.24) is 0 Å². The average Bonchev–Trinajstić information content (AvgIpc) is 3.05. The first-order chi connectivity index (χ1) is 13.5. The third-order valence-corrected chi connectivity index (χ3v) is 4.17. The van der Waals surface area contributed by atoms with Crippen LogP contribution in [0.1, 0.15) is 16.1 Å². The van der Waals surface area contributed by atoms with Crippen LogP contribution in [-0.2, 0) is 11.2 Å². The van der Waals surface area contributed by atoms with Crippen LogP contribution in [0.2, 0.25) is 0 Å². The molecule has 3 rings (SSSR count). The standard InChI is InChI=1S/C20H20N2O6/c1-25-14-8-11(9-15(26-2)18(14)27-3)10-16(23)22-17-12-6-4-5-7-13(12)28-19(17)20(21)24/h4-9H,10H2,1-3H3,(H2,21,24)(H,22,23). The third-order valence-electron chi connectivity index (χ3n) is 4.17. The van der Waals surface area contributed by atoms with Gasteiger partial charge in [-0.3, -0.25) is 9.59 Å². The highest BCUT2D eigenvalue weighted by Crippen LogP contribution is 2.38. The van der Waals surface area contributed by atoms with Gasteiger partial charge in [0.2, 0.25) is 17.4 Å². The van der Waals surface area contributed by atoms with E-state index in [1.807, 2.05) is 0 Å². The van der Waals surface area contributed by atoms with Crippen molar-refractivity contribution in [3.05, 3.63) is 47.7 Å². The summed E-state index contributed by atoms with van der Waals surface area (Å²) in [7, 11) is 4.50. The van der Waals surface area contributed by atoms with E-state index in [0.29, 0.717) is 33.8 Å². The number of amides is 2. The number of methoxy groups -OCH3 is 3. The fraction of sp³-hybridized carbons (Fsp3) is 0.200. The molecule has 0 saturated heterocycles. The van der Waals surface area contributed by atoms with Crippen molar-refractivity contribution >= 4 is 28.5 Å². The van der Waals surface area contributed by atoms with Gasteiger partial charge in [-0.1, -0.05) is 12.1 Å². The van der Waals surface area contributed by atoms with Gasteiger partial charge in [-0.2, -0.15) is 0 Å². The first-order valence-corrected chi connectivity index (χ1v) is 8.38. The topological polar surface area (TPSA) is 113 Å². The highest BCUT2D eigenvalue weighted by molar-refractivity contribution is 6.10. The first kappa shape index (κ1) is 19.1. The smallest absolute Gasteiger partial charge is 0.286 e. The van der Waals surface area contributed by atoms with Crippen LogP contribution >= 0.6 is 0 Å². The molecule has 0 bridgehead atoms. The van der Waals surface area contributed by atoms with Gasteiger partial charge in [0.25, 0.3) is 5.91 Å². The number of furan rings is 1. The van der Waals surface area contributed by atoms with Gasteiger partial charge in [0.05, 0.1) is 27.8 Å². The van der Waals surface area contributed by atoms with Gasteiger partial charge in [0.15, 0.2) is 11.5 Å². The SMILES string of the molecule is COc1cc(CC(=O)Nc2c(C(N)=O)oc3ccccc23)cc(OC)c1OC. The number of carbonyl (C=O) groups is 2. The van der Waals surface area contributed by atoms with E-state index >= 15 is 0 Å². The van der Waals surface area contributed by atoms with Gasteiger partial charge >= 0.3 is 0 Å². The minimum atomic E-state index is -0.765. The summed E-state index contributed by atoms with van der Waals surface area (Å²) >= 11 is 0. The van der Waals surface area contributed by atoms with E-state index < -0.39 is 5.91 Å². The Morgan fingerprint density at radius 3 is 2.25 bits per heavy atom. The normalized spacial score (nSPS) is 10.5. The van der Waals surface area contributed by atoms with Crippen molar-refractivity contribution in [2.75, 3.05) is 26.6 Å². The van der Waals surface area contributed by atoms with Gasteiger partial charge in [-0.25, -0.2) is 0 Å². The predicted octanol–water partition coefficient (Wildman–Crippen LogP) is 2.74. The van der Waals surface area contributed by atoms with E-state index in [9.17, 15) is 9.59 Å². The summed E-state index contributed by atoms with van der Waals surface area (Å²) in [5.41, 5.74) is 6.73. The monoisotopic (exact) mass is 384 g/mol. The quantitative estimate of drug-likeness (QED) is 0.648. The second-order valence-electron chi connectivity index (χ2n) is 5.93. The van der Waals surface area contributed by atoms with Gasteiger partial charge in [0.1, 0.15) is 11.3 Å². The number of hydrogen-bond donors (Lipinski definition) is 2. The lowest BCUT2D eigenvalue weighted by atomic mass is 10.1. The van der Waals surface area contributed by atoms with Crippen molar-refractivity contribution in [1.29, 1.82) is 0 Å². The predicted molar refractivity (Wildman–Crippen MR) is 103 cm³/mol. The summed E-state index contributed by atoms with van der Waals surface area (Å²) in [5, 5.41) is 3.31. The molecule has 28 heavy (non-hydrogen) atoms. The molecule has 0 unspecified atom stereocenters. The zero-order valence-electron chi connectivity index (χ0n) is 15.7. The molecule has 0 saturated carbocycles. The fourth-order valence-electron chi connectivity index (χ4n) is 2.95. The second-order valence-corrected chi connectivity index (χ2v) is 5.93. The molecule has 0 aliphatic heterocycles. The number of fused-ring (bicyclic) bond motifs is 1. The molecule has 0 radical (unpaired) electrons. The molecule has 3 aromatic rings. The van der Waals surface area contributed by atoms with E-state index in [1.165, 1.54) is 21.3 Å². The summed E-state index contributed by atoms with van der Waals surface area (Å²) in [6.07, 6.45) is 0.00836. The number of anilines is 1. The number of carbonyl (C=O) groups excluding carboxylic acids is 2. The van der Waals surface area contributed by atoms with Crippen molar-refractivity contribution in [2.45, 2.75) is 6.42 Å². The molecule has 0 aliphatic rings. The van der Waals surface area contributed by atoms with E-state index in [-0.39, 0.29) is 23.8 Å². The van der Waals surface area contributed by atoms with Crippen LogP contribution in [0.5, 0.6) is 17.2 Å². The van der Waals surface area contributed by atoms with E-state index in [1.54, 1.807) is 36.4 Å². The Morgan fingerprint density at radius 1 is 1.04 bits per heavy atom. The lowest BCUT2D eigenvalue weighted by molar-refractivity contribution is -0.115. The largest absolute Gasteiger partial charge is 0.493 e. The lowest BCUT2D eigenvalue weighted by Gasteiger charge is -2.14. The average molecular weight is 384 g/mol. The lowest BCUT2D eigenvalue weighted by Crippen LogP contribution is -2.18. The van der Waals surface area contributed by atoms with Gasteiger partial charge < -0.3 is 29.7 Å². The number of hydrogen-bond acceptors (Lipinski definition) is 6. The Morgan fingerprint density at radius 2 is 1.68 bits per heavy atom. The number of para-hydroxylation sites is 1. The fourth-order valence-corrected chi connectivity index (χ4v) is 2.95. The second kappa shape index (κ2) is 7.91. The Hall–Kier alpha value is -3.68. The van der Waals surface area contributed by atoms with Crippen LogP contribution in [0.15, 0.2) is 40.8 Å². The van der Waals surface area contributed by atoms with Crippen LogP contribution in [0, 0.1) is 0 Å². The van der Waals surface area contributed by atoms with Gasteiger partial charge in [-0.05, 0) is 29.8 Å². The molecule has 2 aromatic carbocycles. The molecule has 1 aromatic heterocycles.